The molecule has 0 aliphatic rings. The number of carbonyl (C=O) groups is 1. The van der Waals surface area contributed by atoms with E-state index < -0.39 is 0 Å². The molecule has 0 spiro atoms. The van der Waals surface area contributed by atoms with Crippen molar-refractivity contribution in [1.82, 2.24) is 0 Å². The van der Waals surface area contributed by atoms with Crippen LogP contribution in [0.15, 0.2) is 12.1 Å². The van der Waals surface area contributed by atoms with E-state index in [-0.39, 0.29) is 0 Å². The van der Waals surface area contributed by atoms with Crippen molar-refractivity contribution in [2.75, 3.05) is 20.8 Å². The second-order valence-corrected chi connectivity index (χ2v) is 4.76. The van der Waals surface area contributed by atoms with E-state index in [9.17, 15) is 4.79 Å². The van der Waals surface area contributed by atoms with Crippen LogP contribution in [0, 0.1) is 5.92 Å². The predicted octanol–water partition coefficient (Wildman–Crippen LogP) is 3.33. The molecule has 0 aliphatic heterocycles. The van der Waals surface area contributed by atoms with Crippen LogP contribution >= 0.6 is 0 Å². The van der Waals surface area contributed by atoms with E-state index in [4.69, 9.17) is 14.2 Å². The molecule has 0 N–H and O–H groups in total. The highest BCUT2D eigenvalue weighted by Gasteiger charge is 2.14. The highest BCUT2D eigenvalue weighted by molar-refractivity contribution is 5.78. The number of aldehydes is 1. The molecule has 0 saturated carbocycles. The molecule has 0 aliphatic carbocycles. The van der Waals surface area contributed by atoms with Crippen LogP contribution in [0.5, 0.6) is 17.2 Å². The zero-order valence-corrected chi connectivity index (χ0v) is 12.1. The molecule has 0 atom stereocenters. The first-order valence-electron chi connectivity index (χ1n) is 6.46. The summed E-state index contributed by atoms with van der Waals surface area (Å²) < 4.78 is 16.2. The molecule has 0 aromatic heterocycles. The molecule has 0 saturated heterocycles. The van der Waals surface area contributed by atoms with Gasteiger partial charge < -0.3 is 14.2 Å². The smallest absolute Gasteiger partial charge is 0.203 e. The lowest BCUT2D eigenvalue weighted by Crippen LogP contribution is -2.03. The fourth-order valence-electron chi connectivity index (χ4n) is 1.78. The molecule has 0 radical (unpaired) electrons. The highest BCUT2D eigenvalue weighted by Crippen LogP contribution is 2.38. The van der Waals surface area contributed by atoms with Crippen molar-refractivity contribution in [3.63, 3.8) is 0 Å². The summed E-state index contributed by atoms with van der Waals surface area (Å²) in [6, 6.07) is 3.29. The molecule has 1 rings (SSSR count). The third-order valence-electron chi connectivity index (χ3n) is 2.79. The van der Waals surface area contributed by atoms with Crippen LogP contribution in [0.1, 0.15) is 37.0 Å². The first-order chi connectivity index (χ1) is 9.12. The third kappa shape index (κ3) is 4.47. The van der Waals surface area contributed by atoms with Crippen LogP contribution in [0.3, 0.4) is 0 Å². The largest absolute Gasteiger partial charge is 0.493 e. The number of ether oxygens (including phenoxy) is 3. The summed E-state index contributed by atoms with van der Waals surface area (Å²) in [5.74, 6) is 2.25. The minimum Gasteiger partial charge on any atom is -0.493 e. The number of benzene rings is 1. The van der Waals surface area contributed by atoms with E-state index in [0.717, 1.165) is 19.1 Å². The average Bonchev–Trinajstić information content (AvgIpc) is 2.42. The average molecular weight is 266 g/mol. The first-order valence-corrected chi connectivity index (χ1v) is 6.46. The number of methoxy groups -OCH3 is 2. The summed E-state index contributed by atoms with van der Waals surface area (Å²) in [7, 11) is 3.09. The molecule has 0 fully saturated rings. The van der Waals surface area contributed by atoms with Gasteiger partial charge in [-0.1, -0.05) is 13.8 Å². The van der Waals surface area contributed by atoms with E-state index in [2.05, 4.69) is 13.8 Å². The van der Waals surface area contributed by atoms with Gasteiger partial charge in [0.15, 0.2) is 11.5 Å². The molecule has 0 unspecified atom stereocenters. The Kier molecular flexibility index (Phi) is 6.19. The monoisotopic (exact) mass is 266 g/mol. The summed E-state index contributed by atoms with van der Waals surface area (Å²) >= 11 is 0. The summed E-state index contributed by atoms with van der Waals surface area (Å²) in [5.41, 5.74) is 0.503. The van der Waals surface area contributed by atoms with Crippen molar-refractivity contribution in [2.24, 2.45) is 5.92 Å². The van der Waals surface area contributed by atoms with Crippen molar-refractivity contribution in [3.05, 3.63) is 17.7 Å². The maximum Gasteiger partial charge on any atom is 0.203 e. The molecular weight excluding hydrogens is 244 g/mol. The molecule has 0 heterocycles. The summed E-state index contributed by atoms with van der Waals surface area (Å²) in [5, 5.41) is 0. The van der Waals surface area contributed by atoms with Gasteiger partial charge in [-0.25, -0.2) is 0 Å². The minimum absolute atomic E-state index is 0.503. The fourth-order valence-corrected chi connectivity index (χ4v) is 1.78. The Bertz CT molecular complexity index is 388. The lowest BCUT2D eigenvalue weighted by Gasteiger charge is -2.15. The molecule has 1 aromatic rings. The second kappa shape index (κ2) is 7.67. The zero-order valence-electron chi connectivity index (χ0n) is 12.1. The van der Waals surface area contributed by atoms with Gasteiger partial charge in [0.2, 0.25) is 5.75 Å². The Morgan fingerprint density at radius 1 is 1.16 bits per heavy atom. The van der Waals surface area contributed by atoms with Gasteiger partial charge in [0, 0.05) is 5.56 Å². The predicted molar refractivity (Wildman–Crippen MR) is 74.5 cm³/mol. The van der Waals surface area contributed by atoms with Gasteiger partial charge in [0.05, 0.1) is 20.8 Å². The van der Waals surface area contributed by atoms with Gasteiger partial charge >= 0.3 is 0 Å². The molecule has 19 heavy (non-hydrogen) atoms. The first kappa shape index (κ1) is 15.3. The standard InChI is InChI=1S/C15H22O4/c1-11(2)6-5-7-19-15-13(17-3)8-12(10-16)9-14(15)18-4/h8-11H,5-7H2,1-4H3. The number of rotatable bonds is 8. The quantitative estimate of drug-likeness (QED) is 0.535. The van der Waals surface area contributed by atoms with E-state index in [0.29, 0.717) is 35.3 Å². The maximum absolute atomic E-state index is 10.8. The molecule has 106 valence electrons. The fraction of sp³-hybridized carbons (Fsp3) is 0.533. The Balaban J connectivity index is 2.82. The Hall–Kier alpha value is -1.71. The van der Waals surface area contributed by atoms with Crippen LogP contribution in [-0.2, 0) is 0 Å². The number of hydrogen-bond acceptors (Lipinski definition) is 4. The van der Waals surface area contributed by atoms with Crippen molar-refractivity contribution >= 4 is 6.29 Å². The normalized spacial score (nSPS) is 10.4. The molecule has 0 amide bonds. The summed E-state index contributed by atoms with van der Waals surface area (Å²) in [6.07, 6.45) is 2.84. The van der Waals surface area contributed by atoms with Crippen molar-refractivity contribution in [1.29, 1.82) is 0 Å². The number of carbonyl (C=O) groups excluding carboxylic acids is 1. The minimum atomic E-state index is 0.503. The van der Waals surface area contributed by atoms with Crippen LogP contribution in [0.25, 0.3) is 0 Å². The van der Waals surface area contributed by atoms with Gasteiger partial charge in [0.1, 0.15) is 6.29 Å². The van der Waals surface area contributed by atoms with Gasteiger partial charge in [-0.2, -0.15) is 0 Å². The van der Waals surface area contributed by atoms with E-state index in [1.54, 1.807) is 26.4 Å². The summed E-state index contributed by atoms with van der Waals surface area (Å²) in [6.45, 7) is 4.96. The lowest BCUT2D eigenvalue weighted by atomic mass is 10.1. The van der Waals surface area contributed by atoms with Crippen molar-refractivity contribution < 1.29 is 19.0 Å². The van der Waals surface area contributed by atoms with Gasteiger partial charge in [-0.05, 0) is 30.9 Å². The lowest BCUT2D eigenvalue weighted by molar-refractivity contribution is 0.112. The van der Waals surface area contributed by atoms with Crippen LogP contribution in [0.4, 0.5) is 0 Å². The highest BCUT2D eigenvalue weighted by atomic mass is 16.5. The third-order valence-corrected chi connectivity index (χ3v) is 2.79. The van der Waals surface area contributed by atoms with Crippen LogP contribution < -0.4 is 14.2 Å². The van der Waals surface area contributed by atoms with Crippen molar-refractivity contribution in [2.45, 2.75) is 26.7 Å². The zero-order chi connectivity index (χ0) is 14.3. The Morgan fingerprint density at radius 2 is 1.74 bits per heavy atom. The van der Waals surface area contributed by atoms with Gasteiger partial charge in [-0.15, -0.1) is 0 Å². The number of hydrogen-bond donors (Lipinski definition) is 0. The molecular formula is C15H22O4. The van der Waals surface area contributed by atoms with Gasteiger partial charge in [0.25, 0.3) is 0 Å². The SMILES string of the molecule is COc1cc(C=O)cc(OC)c1OCCCC(C)C. The maximum atomic E-state index is 10.8. The van der Waals surface area contributed by atoms with Crippen molar-refractivity contribution in [3.8, 4) is 17.2 Å². The molecule has 4 nitrogen and oxygen atoms in total. The van der Waals surface area contributed by atoms with Crippen LogP contribution in [-0.4, -0.2) is 27.1 Å². The molecule has 1 aromatic carbocycles. The van der Waals surface area contributed by atoms with E-state index >= 15 is 0 Å². The topological polar surface area (TPSA) is 44.8 Å². The Morgan fingerprint density at radius 3 is 2.16 bits per heavy atom. The molecule has 0 bridgehead atoms. The Labute approximate surface area is 114 Å². The van der Waals surface area contributed by atoms with E-state index in [1.807, 2.05) is 0 Å². The second-order valence-electron chi connectivity index (χ2n) is 4.76. The van der Waals surface area contributed by atoms with Gasteiger partial charge in [-0.3, -0.25) is 4.79 Å². The van der Waals surface area contributed by atoms with Crippen LogP contribution in [0.2, 0.25) is 0 Å². The van der Waals surface area contributed by atoms with E-state index in [1.165, 1.54) is 0 Å². The summed E-state index contributed by atoms with van der Waals surface area (Å²) in [4.78, 5) is 10.8. The molecule has 4 heteroatoms.